The molecule has 0 N–H and O–H groups in total. The van der Waals surface area contributed by atoms with Crippen LogP contribution >= 0.6 is 11.3 Å². The van der Waals surface area contributed by atoms with Gasteiger partial charge in [0.2, 0.25) is 0 Å². The molecular formula is C32H20N2S. The minimum atomic E-state index is 0.756. The first kappa shape index (κ1) is 20.0. The highest BCUT2D eigenvalue weighted by molar-refractivity contribution is 7.26. The number of nitrogens with zero attached hydrogens (tertiary/aromatic N) is 2. The van der Waals surface area contributed by atoms with E-state index in [4.69, 9.17) is 0 Å². The largest absolute Gasteiger partial charge is 0.309 e. The van der Waals surface area contributed by atoms with Crippen molar-refractivity contribution >= 4 is 53.3 Å². The van der Waals surface area contributed by atoms with Crippen molar-refractivity contribution in [1.29, 1.82) is 5.26 Å². The summed E-state index contributed by atoms with van der Waals surface area (Å²) in [6.07, 6.45) is 0.756. The van der Waals surface area contributed by atoms with E-state index in [2.05, 4.69) is 120 Å². The van der Waals surface area contributed by atoms with E-state index in [1.807, 2.05) is 0 Å². The van der Waals surface area contributed by atoms with E-state index in [9.17, 15) is 5.26 Å². The van der Waals surface area contributed by atoms with Gasteiger partial charge in [0.25, 0.3) is 0 Å². The summed E-state index contributed by atoms with van der Waals surface area (Å²) in [5.41, 5.74) is 6.75. The number of hydrogen-bond donors (Lipinski definition) is 0. The smallest absolute Gasteiger partial charge is 0.101 e. The second kappa shape index (κ2) is 7.84. The zero-order valence-electron chi connectivity index (χ0n) is 18.9. The van der Waals surface area contributed by atoms with Crippen molar-refractivity contribution in [2.45, 2.75) is 6.42 Å². The predicted molar refractivity (Wildman–Crippen MR) is 148 cm³/mol. The van der Waals surface area contributed by atoms with E-state index in [1.165, 1.54) is 48.5 Å². The molecule has 0 atom stereocenters. The third-order valence-corrected chi connectivity index (χ3v) is 8.09. The highest BCUT2D eigenvalue weighted by Crippen LogP contribution is 2.38. The molecule has 0 unspecified atom stereocenters. The first-order chi connectivity index (χ1) is 17.3. The normalized spacial score (nSPS) is 11.5. The fourth-order valence-corrected chi connectivity index (χ4v) is 6.50. The van der Waals surface area contributed by atoms with E-state index in [1.54, 1.807) is 11.3 Å². The fourth-order valence-electron chi connectivity index (χ4n) is 5.35. The quantitative estimate of drug-likeness (QED) is 0.257. The van der Waals surface area contributed by atoms with E-state index >= 15 is 0 Å². The van der Waals surface area contributed by atoms with Crippen molar-refractivity contribution in [2.24, 2.45) is 0 Å². The Morgan fingerprint density at radius 1 is 0.657 bits per heavy atom. The minimum Gasteiger partial charge on any atom is -0.309 e. The van der Waals surface area contributed by atoms with Crippen LogP contribution in [0.1, 0.15) is 16.7 Å². The maximum absolute atomic E-state index is 9.95. The molecule has 0 fully saturated rings. The van der Waals surface area contributed by atoms with Gasteiger partial charge >= 0.3 is 0 Å². The standard InChI is InChI=1S/C32H20N2S/c33-20-23-18-21(19-27-26-12-4-8-16-31(26)35-32(23)27)17-22-9-1-5-13-28(22)34-29-14-6-2-10-24(29)25-11-3-7-15-30(25)34/h1-16,18-19H,17H2. The topological polar surface area (TPSA) is 28.7 Å². The molecule has 0 saturated heterocycles. The van der Waals surface area contributed by atoms with Gasteiger partial charge in [-0.1, -0.05) is 72.8 Å². The Balaban J connectivity index is 1.44. The van der Waals surface area contributed by atoms with Crippen LogP contribution < -0.4 is 0 Å². The molecule has 3 heteroatoms. The lowest BCUT2D eigenvalue weighted by Gasteiger charge is -2.14. The maximum Gasteiger partial charge on any atom is 0.101 e. The number of nitriles is 1. The molecule has 2 nitrogen and oxygen atoms in total. The molecule has 0 amide bonds. The number of hydrogen-bond acceptors (Lipinski definition) is 2. The van der Waals surface area contributed by atoms with Crippen LogP contribution in [-0.4, -0.2) is 4.57 Å². The Morgan fingerprint density at radius 3 is 2.03 bits per heavy atom. The molecule has 0 radical (unpaired) electrons. The van der Waals surface area contributed by atoms with E-state index in [-0.39, 0.29) is 0 Å². The first-order valence-electron chi connectivity index (χ1n) is 11.7. The van der Waals surface area contributed by atoms with Gasteiger partial charge in [0.15, 0.2) is 0 Å². The van der Waals surface area contributed by atoms with Gasteiger partial charge in [-0.15, -0.1) is 11.3 Å². The maximum atomic E-state index is 9.95. The summed E-state index contributed by atoms with van der Waals surface area (Å²) >= 11 is 1.71. The van der Waals surface area contributed by atoms with Crippen LogP contribution in [0.3, 0.4) is 0 Å². The third kappa shape index (κ3) is 3.08. The molecule has 7 rings (SSSR count). The molecule has 0 bridgehead atoms. The van der Waals surface area contributed by atoms with Crippen LogP contribution in [0, 0.1) is 11.3 Å². The van der Waals surface area contributed by atoms with Gasteiger partial charge in [0.1, 0.15) is 6.07 Å². The lowest BCUT2D eigenvalue weighted by atomic mass is 9.98. The molecule has 0 saturated carbocycles. The summed E-state index contributed by atoms with van der Waals surface area (Å²) in [7, 11) is 0. The van der Waals surface area contributed by atoms with Gasteiger partial charge in [0.05, 0.1) is 21.3 Å². The Labute approximate surface area is 206 Å². The van der Waals surface area contributed by atoms with Crippen molar-refractivity contribution in [3.8, 4) is 11.8 Å². The van der Waals surface area contributed by atoms with Crippen molar-refractivity contribution in [1.82, 2.24) is 4.57 Å². The summed E-state index contributed by atoms with van der Waals surface area (Å²) in [4.78, 5) is 0. The number of rotatable bonds is 3. The van der Waals surface area contributed by atoms with Crippen LogP contribution in [0.4, 0.5) is 0 Å². The zero-order chi connectivity index (χ0) is 23.4. The average molecular weight is 465 g/mol. The van der Waals surface area contributed by atoms with Gasteiger partial charge in [-0.05, 0) is 53.9 Å². The molecule has 0 aliphatic rings. The third-order valence-electron chi connectivity index (χ3n) is 6.87. The van der Waals surface area contributed by atoms with E-state index in [0.29, 0.717) is 0 Å². The molecular weight excluding hydrogens is 444 g/mol. The molecule has 164 valence electrons. The van der Waals surface area contributed by atoms with Crippen molar-refractivity contribution in [3.63, 3.8) is 0 Å². The van der Waals surface area contributed by atoms with Gasteiger partial charge in [-0.3, -0.25) is 0 Å². The second-order valence-electron chi connectivity index (χ2n) is 8.91. The molecule has 5 aromatic carbocycles. The predicted octanol–water partition coefficient (Wildman–Crippen LogP) is 8.61. The van der Waals surface area contributed by atoms with Gasteiger partial charge in [-0.2, -0.15) is 5.26 Å². The number of para-hydroxylation sites is 3. The average Bonchev–Trinajstić information content (AvgIpc) is 3.45. The van der Waals surface area contributed by atoms with Gasteiger partial charge in [0, 0.05) is 31.9 Å². The van der Waals surface area contributed by atoms with Crippen LogP contribution in [-0.2, 0) is 6.42 Å². The summed E-state index contributed by atoms with van der Waals surface area (Å²) in [5, 5.41) is 14.9. The Hall–Kier alpha value is -4.39. The van der Waals surface area contributed by atoms with Gasteiger partial charge in [-0.25, -0.2) is 0 Å². The highest BCUT2D eigenvalue weighted by atomic mass is 32.1. The van der Waals surface area contributed by atoms with Crippen LogP contribution in [0.2, 0.25) is 0 Å². The van der Waals surface area contributed by atoms with Gasteiger partial charge < -0.3 is 4.57 Å². The van der Waals surface area contributed by atoms with Crippen LogP contribution in [0.25, 0.3) is 47.7 Å². The Morgan fingerprint density at radius 2 is 1.29 bits per heavy atom. The van der Waals surface area contributed by atoms with Crippen molar-refractivity contribution in [2.75, 3.05) is 0 Å². The number of aromatic nitrogens is 1. The monoisotopic (exact) mass is 464 g/mol. The lowest BCUT2D eigenvalue weighted by Crippen LogP contribution is -2.00. The molecule has 35 heavy (non-hydrogen) atoms. The van der Waals surface area contributed by atoms with Crippen molar-refractivity contribution < 1.29 is 0 Å². The number of thiophene rings is 1. The number of fused-ring (bicyclic) bond motifs is 6. The fraction of sp³-hybridized carbons (Fsp3) is 0.0312. The summed E-state index contributed by atoms with van der Waals surface area (Å²) in [5.74, 6) is 0. The molecule has 7 aromatic rings. The summed E-state index contributed by atoms with van der Waals surface area (Å²) in [6, 6.07) is 41.1. The van der Waals surface area contributed by atoms with E-state index in [0.717, 1.165) is 22.2 Å². The second-order valence-corrected chi connectivity index (χ2v) is 9.96. The number of benzene rings is 5. The molecule has 0 spiro atoms. The summed E-state index contributed by atoms with van der Waals surface area (Å²) < 4.78 is 4.68. The summed E-state index contributed by atoms with van der Waals surface area (Å²) in [6.45, 7) is 0. The molecule has 2 heterocycles. The van der Waals surface area contributed by atoms with Crippen LogP contribution in [0.5, 0.6) is 0 Å². The molecule has 2 aromatic heterocycles. The van der Waals surface area contributed by atoms with Crippen molar-refractivity contribution in [3.05, 3.63) is 126 Å². The zero-order valence-corrected chi connectivity index (χ0v) is 19.7. The highest BCUT2D eigenvalue weighted by Gasteiger charge is 2.16. The first-order valence-corrected chi connectivity index (χ1v) is 12.5. The SMILES string of the molecule is N#Cc1cc(Cc2ccccc2-n2c3ccccc3c3ccccc32)cc2c1sc1ccccc12. The Kier molecular flexibility index (Phi) is 4.48. The lowest BCUT2D eigenvalue weighted by molar-refractivity contribution is 1.09. The van der Waals surface area contributed by atoms with Crippen LogP contribution in [0.15, 0.2) is 109 Å². The Bertz CT molecular complexity index is 1900. The minimum absolute atomic E-state index is 0.756. The molecule has 0 aliphatic heterocycles. The van der Waals surface area contributed by atoms with E-state index < -0.39 is 0 Å². The molecule has 0 aliphatic carbocycles.